The third-order valence-electron chi connectivity index (χ3n) is 3.52. The van der Waals surface area contributed by atoms with E-state index in [0.29, 0.717) is 0 Å². The molecule has 1 atom stereocenters. The Morgan fingerprint density at radius 3 is 2.50 bits per heavy atom. The summed E-state index contributed by atoms with van der Waals surface area (Å²) in [7, 11) is 0. The largest absolute Gasteiger partial charge is 0.393 e. The van der Waals surface area contributed by atoms with Crippen molar-refractivity contribution in [3.63, 3.8) is 0 Å². The smallest absolute Gasteiger partial charge is 0.0540 e. The number of aliphatic hydroxyl groups excluding tert-OH is 1. The summed E-state index contributed by atoms with van der Waals surface area (Å²) in [5.41, 5.74) is 0. The van der Waals surface area contributed by atoms with E-state index in [-0.39, 0.29) is 6.10 Å². The Kier molecular flexibility index (Phi) is 6.25. The fourth-order valence-corrected chi connectivity index (χ4v) is 2.50. The van der Waals surface area contributed by atoms with E-state index < -0.39 is 0 Å². The molecule has 0 spiro atoms. The monoisotopic (exact) mass is 198 g/mol. The molecule has 0 aromatic heterocycles. The van der Waals surface area contributed by atoms with Crippen LogP contribution in [-0.2, 0) is 0 Å². The van der Waals surface area contributed by atoms with Gasteiger partial charge in [0.2, 0.25) is 0 Å². The fraction of sp³-hybridized carbons (Fsp3) is 1.00. The standard InChI is InChI=1S/C13H26O/c1-2-3-4-9-13(14)11-10-12-7-5-6-8-12/h12-14H,2-11H2,1H3. The van der Waals surface area contributed by atoms with Gasteiger partial charge in [-0.1, -0.05) is 51.9 Å². The maximum Gasteiger partial charge on any atom is 0.0540 e. The molecule has 14 heavy (non-hydrogen) atoms. The molecule has 0 aliphatic heterocycles. The van der Waals surface area contributed by atoms with E-state index in [2.05, 4.69) is 6.92 Å². The SMILES string of the molecule is CCCCCC(O)CCC1CCCC1. The summed E-state index contributed by atoms with van der Waals surface area (Å²) in [5, 5.41) is 9.74. The molecular weight excluding hydrogens is 172 g/mol. The molecule has 1 heteroatoms. The lowest BCUT2D eigenvalue weighted by Gasteiger charge is -2.13. The van der Waals surface area contributed by atoms with Crippen LogP contribution in [-0.4, -0.2) is 11.2 Å². The van der Waals surface area contributed by atoms with Crippen LogP contribution in [0, 0.1) is 5.92 Å². The van der Waals surface area contributed by atoms with Crippen molar-refractivity contribution in [3.8, 4) is 0 Å². The molecule has 0 aromatic carbocycles. The normalized spacial score (nSPS) is 20.1. The lowest BCUT2D eigenvalue weighted by Crippen LogP contribution is -2.08. The van der Waals surface area contributed by atoms with Gasteiger partial charge >= 0.3 is 0 Å². The number of unbranched alkanes of at least 4 members (excludes halogenated alkanes) is 2. The minimum atomic E-state index is -0.0119. The maximum absolute atomic E-state index is 9.74. The minimum absolute atomic E-state index is 0.0119. The molecule has 0 heterocycles. The van der Waals surface area contributed by atoms with Gasteiger partial charge in [-0.05, 0) is 25.2 Å². The maximum atomic E-state index is 9.74. The molecule has 1 aliphatic rings. The van der Waals surface area contributed by atoms with Crippen LogP contribution in [0.25, 0.3) is 0 Å². The molecule has 1 nitrogen and oxygen atoms in total. The Labute approximate surface area is 88.9 Å². The van der Waals surface area contributed by atoms with Crippen LogP contribution in [0.1, 0.15) is 71.1 Å². The Bertz CT molecular complexity index is 127. The van der Waals surface area contributed by atoms with Crippen LogP contribution >= 0.6 is 0 Å². The van der Waals surface area contributed by atoms with Crippen molar-refractivity contribution >= 4 is 0 Å². The van der Waals surface area contributed by atoms with E-state index in [1.807, 2.05) is 0 Å². The lowest BCUT2D eigenvalue weighted by atomic mass is 9.97. The van der Waals surface area contributed by atoms with E-state index in [1.165, 1.54) is 51.4 Å². The number of hydrogen-bond acceptors (Lipinski definition) is 1. The predicted molar refractivity (Wildman–Crippen MR) is 61.3 cm³/mol. The molecule has 0 bridgehead atoms. The summed E-state index contributed by atoms with van der Waals surface area (Å²) in [4.78, 5) is 0. The highest BCUT2D eigenvalue weighted by atomic mass is 16.3. The Balaban J connectivity index is 1.93. The second kappa shape index (κ2) is 7.28. The first-order valence-corrected chi connectivity index (χ1v) is 6.51. The highest BCUT2D eigenvalue weighted by molar-refractivity contribution is 4.69. The Morgan fingerprint density at radius 2 is 1.86 bits per heavy atom. The molecular formula is C13H26O. The molecule has 0 aromatic rings. The van der Waals surface area contributed by atoms with Crippen LogP contribution in [0.3, 0.4) is 0 Å². The van der Waals surface area contributed by atoms with Gasteiger partial charge in [-0.3, -0.25) is 0 Å². The van der Waals surface area contributed by atoms with Crippen molar-refractivity contribution in [2.45, 2.75) is 77.2 Å². The summed E-state index contributed by atoms with van der Waals surface area (Å²) < 4.78 is 0. The van der Waals surface area contributed by atoms with Crippen LogP contribution < -0.4 is 0 Å². The Hall–Kier alpha value is -0.0400. The summed E-state index contributed by atoms with van der Waals surface area (Å²) in [6.45, 7) is 2.21. The van der Waals surface area contributed by atoms with Crippen LogP contribution in [0.4, 0.5) is 0 Å². The predicted octanol–water partition coefficient (Wildman–Crippen LogP) is 3.90. The summed E-state index contributed by atoms with van der Waals surface area (Å²) in [6.07, 6.45) is 12.8. The van der Waals surface area contributed by atoms with Crippen molar-refractivity contribution in [2.75, 3.05) is 0 Å². The van der Waals surface area contributed by atoms with Gasteiger partial charge in [0.1, 0.15) is 0 Å². The molecule has 1 N–H and O–H groups in total. The number of hydrogen-bond donors (Lipinski definition) is 1. The van der Waals surface area contributed by atoms with Crippen molar-refractivity contribution in [1.82, 2.24) is 0 Å². The van der Waals surface area contributed by atoms with Crippen molar-refractivity contribution in [3.05, 3.63) is 0 Å². The molecule has 1 rings (SSSR count). The molecule has 0 radical (unpaired) electrons. The number of aliphatic hydroxyl groups is 1. The van der Waals surface area contributed by atoms with Gasteiger partial charge in [-0.2, -0.15) is 0 Å². The zero-order valence-corrected chi connectivity index (χ0v) is 9.67. The lowest BCUT2D eigenvalue weighted by molar-refractivity contribution is 0.142. The molecule has 1 aliphatic carbocycles. The molecule has 1 unspecified atom stereocenters. The summed E-state index contributed by atoms with van der Waals surface area (Å²) >= 11 is 0. The van der Waals surface area contributed by atoms with Crippen LogP contribution in [0.15, 0.2) is 0 Å². The fourth-order valence-electron chi connectivity index (χ4n) is 2.50. The first-order chi connectivity index (χ1) is 6.83. The zero-order valence-electron chi connectivity index (χ0n) is 9.67. The van der Waals surface area contributed by atoms with Gasteiger partial charge in [-0.15, -0.1) is 0 Å². The van der Waals surface area contributed by atoms with Gasteiger partial charge in [0.25, 0.3) is 0 Å². The van der Waals surface area contributed by atoms with E-state index in [9.17, 15) is 5.11 Å². The number of rotatable bonds is 7. The topological polar surface area (TPSA) is 20.2 Å². The van der Waals surface area contributed by atoms with E-state index >= 15 is 0 Å². The third-order valence-corrected chi connectivity index (χ3v) is 3.52. The van der Waals surface area contributed by atoms with E-state index in [1.54, 1.807) is 0 Å². The summed E-state index contributed by atoms with van der Waals surface area (Å²) in [5.74, 6) is 0.941. The minimum Gasteiger partial charge on any atom is -0.393 e. The second-order valence-corrected chi connectivity index (χ2v) is 4.88. The molecule has 0 saturated heterocycles. The third kappa shape index (κ3) is 4.99. The van der Waals surface area contributed by atoms with Crippen molar-refractivity contribution < 1.29 is 5.11 Å². The van der Waals surface area contributed by atoms with Gasteiger partial charge in [-0.25, -0.2) is 0 Å². The van der Waals surface area contributed by atoms with Crippen LogP contribution in [0.2, 0.25) is 0 Å². The molecule has 0 amide bonds. The first-order valence-electron chi connectivity index (χ1n) is 6.51. The quantitative estimate of drug-likeness (QED) is 0.615. The zero-order chi connectivity index (χ0) is 10.2. The van der Waals surface area contributed by atoms with Gasteiger partial charge in [0, 0.05) is 0 Å². The highest BCUT2D eigenvalue weighted by Crippen LogP contribution is 2.29. The Morgan fingerprint density at radius 1 is 1.14 bits per heavy atom. The molecule has 1 fully saturated rings. The van der Waals surface area contributed by atoms with E-state index in [0.717, 1.165) is 18.8 Å². The van der Waals surface area contributed by atoms with Crippen molar-refractivity contribution in [2.24, 2.45) is 5.92 Å². The summed E-state index contributed by atoms with van der Waals surface area (Å²) in [6, 6.07) is 0. The second-order valence-electron chi connectivity index (χ2n) is 4.88. The highest BCUT2D eigenvalue weighted by Gasteiger charge is 2.16. The van der Waals surface area contributed by atoms with Crippen molar-refractivity contribution in [1.29, 1.82) is 0 Å². The molecule has 84 valence electrons. The van der Waals surface area contributed by atoms with Crippen LogP contribution in [0.5, 0.6) is 0 Å². The average Bonchev–Trinajstić information content (AvgIpc) is 2.68. The van der Waals surface area contributed by atoms with Gasteiger partial charge in [0.05, 0.1) is 6.10 Å². The van der Waals surface area contributed by atoms with Gasteiger partial charge < -0.3 is 5.11 Å². The van der Waals surface area contributed by atoms with E-state index in [4.69, 9.17) is 0 Å². The first kappa shape index (κ1) is 12.0. The van der Waals surface area contributed by atoms with Gasteiger partial charge in [0.15, 0.2) is 0 Å². The molecule has 1 saturated carbocycles. The average molecular weight is 198 g/mol.